The average molecular weight is 759 g/mol. The van der Waals surface area contributed by atoms with E-state index in [4.69, 9.17) is 18.5 Å². The van der Waals surface area contributed by atoms with Crippen molar-refractivity contribution >= 4 is 19.8 Å². The van der Waals surface area contributed by atoms with Crippen LogP contribution in [0.3, 0.4) is 0 Å². The number of hydrogen-bond acceptors (Lipinski definition) is 8. The molecule has 3 atom stereocenters. The first-order valence-electron chi connectivity index (χ1n) is 20.3. The van der Waals surface area contributed by atoms with Crippen molar-refractivity contribution in [3.05, 3.63) is 36.5 Å². The van der Waals surface area contributed by atoms with E-state index in [1.54, 1.807) is 0 Å². The summed E-state index contributed by atoms with van der Waals surface area (Å²) in [6.45, 7) is 4.16. The number of carbonyl (C=O) groups is 2. The van der Waals surface area contributed by atoms with E-state index in [2.05, 4.69) is 32.1 Å². The Balaban J connectivity index is 4.48. The number of quaternary nitrogens is 1. The SMILES string of the molecule is CC/C=C/C/C=C/C=C/C(O)CCCCCCCC(=O)OC[C@H](COP(=O)(O)OCC[N+](C)(C)C)OC(=O)CCCCCCCCCCCCCC. The van der Waals surface area contributed by atoms with Gasteiger partial charge < -0.3 is 24.0 Å². The van der Waals surface area contributed by atoms with Crippen LogP contribution in [0.1, 0.15) is 155 Å². The number of aliphatic hydroxyl groups is 1. The molecule has 0 aromatic heterocycles. The standard InChI is InChI=1S/C41H76NO9P/c1-6-8-10-12-14-15-16-17-18-20-24-29-33-41(45)51-39(37-50-52(46,47)49-35-34-42(3,4)5)36-48-40(44)32-28-25-21-23-27-31-38(43)30-26-22-19-13-11-9-7-2/h9,11,19,22,26,30,38-39,43H,6-8,10,12-18,20-21,23-25,27-29,31-37H2,1-5H3/p+1/b11-9+,22-19+,30-26+/t38?,39-/m1/s1. The van der Waals surface area contributed by atoms with Crippen molar-refractivity contribution in [3.63, 3.8) is 0 Å². The minimum Gasteiger partial charge on any atom is -0.462 e. The molecule has 0 saturated carbocycles. The maximum absolute atomic E-state index is 12.6. The second-order valence-electron chi connectivity index (χ2n) is 14.8. The summed E-state index contributed by atoms with van der Waals surface area (Å²) in [5.74, 6) is -0.875. The largest absolute Gasteiger partial charge is 0.472 e. The quantitative estimate of drug-likeness (QED) is 0.0160. The number of nitrogens with zero attached hydrogens (tertiary/aromatic N) is 1. The summed E-state index contributed by atoms with van der Waals surface area (Å²) in [6.07, 6.45) is 32.1. The van der Waals surface area contributed by atoms with Crippen molar-refractivity contribution in [2.75, 3.05) is 47.5 Å². The van der Waals surface area contributed by atoms with E-state index in [-0.39, 0.29) is 26.1 Å². The highest BCUT2D eigenvalue weighted by atomic mass is 31.2. The Kier molecular flexibility index (Phi) is 32.6. The minimum absolute atomic E-state index is 0.0162. The van der Waals surface area contributed by atoms with Crippen molar-refractivity contribution in [3.8, 4) is 0 Å². The van der Waals surface area contributed by atoms with Gasteiger partial charge in [-0.25, -0.2) is 4.57 Å². The van der Waals surface area contributed by atoms with Gasteiger partial charge in [-0.05, 0) is 32.1 Å². The van der Waals surface area contributed by atoms with Gasteiger partial charge in [-0.1, -0.05) is 147 Å². The number of unbranched alkanes of at least 4 members (excludes halogenated alkanes) is 15. The molecule has 0 fully saturated rings. The van der Waals surface area contributed by atoms with Crippen molar-refractivity contribution in [1.29, 1.82) is 0 Å². The van der Waals surface area contributed by atoms with Crippen LogP contribution < -0.4 is 0 Å². The van der Waals surface area contributed by atoms with Crippen LogP contribution in [0.25, 0.3) is 0 Å². The number of rotatable bonds is 36. The normalized spacial score (nSPS) is 14.7. The maximum Gasteiger partial charge on any atom is 0.472 e. The second-order valence-corrected chi connectivity index (χ2v) is 16.3. The van der Waals surface area contributed by atoms with Crippen LogP contribution in [-0.4, -0.2) is 86.1 Å². The zero-order chi connectivity index (χ0) is 38.8. The summed E-state index contributed by atoms with van der Waals surface area (Å²) in [6, 6.07) is 0. The van der Waals surface area contributed by atoms with Crippen LogP contribution >= 0.6 is 7.82 Å². The molecule has 0 aliphatic heterocycles. The van der Waals surface area contributed by atoms with E-state index in [9.17, 15) is 24.2 Å². The summed E-state index contributed by atoms with van der Waals surface area (Å²) < 4.78 is 34.1. The number of phosphoric acid groups is 1. The van der Waals surface area contributed by atoms with Gasteiger partial charge in [0.2, 0.25) is 0 Å². The zero-order valence-electron chi connectivity index (χ0n) is 33.7. The molecule has 11 heteroatoms. The molecule has 0 spiro atoms. The summed E-state index contributed by atoms with van der Waals surface area (Å²) in [5, 5.41) is 10.1. The molecule has 2 N–H and O–H groups in total. The van der Waals surface area contributed by atoms with Crippen molar-refractivity contribution in [1.82, 2.24) is 0 Å². The number of hydrogen-bond donors (Lipinski definition) is 2. The molecular formula is C41H77NO9P+. The van der Waals surface area contributed by atoms with E-state index in [0.717, 1.165) is 57.8 Å². The highest BCUT2D eigenvalue weighted by Gasteiger charge is 2.27. The predicted octanol–water partition coefficient (Wildman–Crippen LogP) is 9.93. The molecule has 0 amide bonds. The lowest BCUT2D eigenvalue weighted by molar-refractivity contribution is -0.870. The smallest absolute Gasteiger partial charge is 0.462 e. The van der Waals surface area contributed by atoms with Gasteiger partial charge in [0, 0.05) is 12.8 Å². The third-order valence-corrected chi connectivity index (χ3v) is 9.52. The third-order valence-electron chi connectivity index (χ3n) is 8.54. The first kappa shape index (κ1) is 50.2. The summed E-state index contributed by atoms with van der Waals surface area (Å²) in [7, 11) is 1.42. The first-order chi connectivity index (χ1) is 24.9. The van der Waals surface area contributed by atoms with Gasteiger partial charge in [0.25, 0.3) is 0 Å². The number of esters is 2. The van der Waals surface area contributed by atoms with Crippen LogP contribution in [0.5, 0.6) is 0 Å². The van der Waals surface area contributed by atoms with Crippen LogP contribution in [0.2, 0.25) is 0 Å². The molecule has 304 valence electrons. The Morgan fingerprint density at radius 2 is 1.25 bits per heavy atom. The number of aliphatic hydroxyl groups excluding tert-OH is 1. The zero-order valence-corrected chi connectivity index (χ0v) is 34.5. The Labute approximate surface area is 317 Å². The lowest BCUT2D eigenvalue weighted by Gasteiger charge is -2.24. The van der Waals surface area contributed by atoms with Gasteiger partial charge in [-0.2, -0.15) is 0 Å². The monoisotopic (exact) mass is 759 g/mol. The molecular weight excluding hydrogens is 681 g/mol. The van der Waals surface area contributed by atoms with E-state index in [1.807, 2.05) is 39.4 Å². The van der Waals surface area contributed by atoms with E-state index < -0.39 is 38.6 Å². The number of phosphoric ester groups is 1. The van der Waals surface area contributed by atoms with Crippen molar-refractivity contribution in [2.24, 2.45) is 0 Å². The molecule has 0 aliphatic rings. The Bertz CT molecular complexity index is 1010. The molecule has 0 heterocycles. The summed E-state index contributed by atoms with van der Waals surface area (Å²) in [5.41, 5.74) is 0. The highest BCUT2D eigenvalue weighted by Crippen LogP contribution is 2.43. The average Bonchev–Trinajstić information content (AvgIpc) is 3.08. The number of carbonyl (C=O) groups excluding carboxylic acids is 2. The van der Waals surface area contributed by atoms with Crippen molar-refractivity contribution in [2.45, 2.75) is 167 Å². The molecule has 52 heavy (non-hydrogen) atoms. The van der Waals surface area contributed by atoms with Gasteiger partial charge in [0.15, 0.2) is 6.10 Å². The van der Waals surface area contributed by atoms with Gasteiger partial charge in [-0.3, -0.25) is 18.6 Å². The molecule has 2 unspecified atom stereocenters. The lowest BCUT2D eigenvalue weighted by atomic mass is 10.0. The Morgan fingerprint density at radius 1 is 0.692 bits per heavy atom. The summed E-state index contributed by atoms with van der Waals surface area (Å²) in [4.78, 5) is 35.2. The van der Waals surface area contributed by atoms with Crippen LogP contribution in [0.4, 0.5) is 0 Å². The molecule has 0 aliphatic carbocycles. The minimum atomic E-state index is -4.39. The van der Waals surface area contributed by atoms with Gasteiger partial charge in [0.1, 0.15) is 19.8 Å². The molecule has 0 rings (SSSR count). The fraction of sp³-hybridized carbons (Fsp3) is 0.805. The van der Waals surface area contributed by atoms with E-state index in [1.165, 1.54) is 51.4 Å². The third kappa shape index (κ3) is 36.5. The van der Waals surface area contributed by atoms with Gasteiger partial charge in [0.05, 0.1) is 33.9 Å². The molecule has 0 aromatic rings. The topological polar surface area (TPSA) is 129 Å². The van der Waals surface area contributed by atoms with Crippen molar-refractivity contribution < 1.29 is 47.2 Å². The van der Waals surface area contributed by atoms with E-state index in [0.29, 0.717) is 30.3 Å². The van der Waals surface area contributed by atoms with Gasteiger partial charge in [-0.15, -0.1) is 0 Å². The number of ether oxygens (including phenoxy) is 2. The fourth-order valence-electron chi connectivity index (χ4n) is 5.31. The highest BCUT2D eigenvalue weighted by molar-refractivity contribution is 7.47. The Hall–Kier alpha value is -1.81. The summed E-state index contributed by atoms with van der Waals surface area (Å²) >= 11 is 0. The second kappa shape index (κ2) is 33.7. The molecule has 0 bridgehead atoms. The maximum atomic E-state index is 12.6. The van der Waals surface area contributed by atoms with Crippen LogP contribution in [-0.2, 0) is 32.7 Å². The number of allylic oxidation sites excluding steroid dienone is 5. The van der Waals surface area contributed by atoms with Crippen LogP contribution in [0.15, 0.2) is 36.5 Å². The molecule has 10 nitrogen and oxygen atoms in total. The van der Waals surface area contributed by atoms with E-state index >= 15 is 0 Å². The first-order valence-corrected chi connectivity index (χ1v) is 21.8. The Morgan fingerprint density at radius 3 is 1.83 bits per heavy atom. The molecule has 0 aromatic carbocycles. The molecule has 0 radical (unpaired) electrons. The predicted molar refractivity (Wildman–Crippen MR) is 212 cm³/mol. The fourth-order valence-corrected chi connectivity index (χ4v) is 6.06. The number of likely N-dealkylation sites (N-methyl/N-ethyl adjacent to an activating group) is 1. The van der Waals surface area contributed by atoms with Gasteiger partial charge >= 0.3 is 19.8 Å². The molecule has 0 saturated heterocycles. The van der Waals surface area contributed by atoms with Crippen LogP contribution in [0, 0.1) is 0 Å². The lowest BCUT2D eigenvalue weighted by Crippen LogP contribution is -2.37.